The highest BCUT2D eigenvalue weighted by molar-refractivity contribution is 5.87. The fourth-order valence-electron chi connectivity index (χ4n) is 3.00. The summed E-state index contributed by atoms with van der Waals surface area (Å²) in [6.07, 6.45) is 7.89. The number of methoxy groups -OCH3 is 5. The minimum Gasteiger partial charge on any atom is -0.493 e. The molecule has 0 aliphatic heterocycles. The van der Waals surface area contributed by atoms with E-state index < -0.39 is 0 Å². The summed E-state index contributed by atoms with van der Waals surface area (Å²) < 4.78 is 27.1. The van der Waals surface area contributed by atoms with Crippen LogP contribution >= 0.6 is 0 Å². The van der Waals surface area contributed by atoms with Crippen molar-refractivity contribution in [1.29, 1.82) is 0 Å². The van der Waals surface area contributed by atoms with Gasteiger partial charge in [0.2, 0.25) is 5.75 Å². The summed E-state index contributed by atoms with van der Waals surface area (Å²) in [5.74, 6) is 2.96. The molecule has 0 saturated heterocycles. The second-order valence-corrected chi connectivity index (χ2v) is 6.42. The molecule has 0 saturated carbocycles. The zero-order valence-corrected chi connectivity index (χ0v) is 18.3. The zero-order chi connectivity index (χ0) is 22.1. The van der Waals surface area contributed by atoms with E-state index in [1.54, 1.807) is 41.6 Å². The predicted molar refractivity (Wildman–Crippen MR) is 118 cm³/mol. The third kappa shape index (κ3) is 5.56. The lowest BCUT2D eigenvalue weighted by atomic mass is 10.0. The van der Waals surface area contributed by atoms with Crippen LogP contribution < -0.4 is 23.7 Å². The Bertz CT molecular complexity index is 918. The molecule has 0 amide bonds. The summed E-state index contributed by atoms with van der Waals surface area (Å²) >= 11 is 0. The number of ketones is 1. The minimum atomic E-state index is 0.00462. The van der Waals surface area contributed by atoms with E-state index in [4.69, 9.17) is 23.7 Å². The number of benzene rings is 2. The van der Waals surface area contributed by atoms with Crippen molar-refractivity contribution in [3.8, 4) is 28.7 Å². The third-order valence-corrected chi connectivity index (χ3v) is 4.48. The molecular formula is C24H28O6. The Hall–Kier alpha value is -3.41. The normalized spacial score (nSPS) is 11.0. The van der Waals surface area contributed by atoms with Crippen LogP contribution in [-0.4, -0.2) is 41.3 Å². The zero-order valence-electron chi connectivity index (χ0n) is 18.3. The standard InChI is InChI=1S/C24H28O6/c1-16(25)8-7-9-18-14-20(26-2)21(27-3)15-19(18)11-10-17-12-22(28-4)24(30-6)23(13-17)29-5/h7-8,10-15H,9H2,1-6H3/b8-7-,11-10-. The second-order valence-electron chi connectivity index (χ2n) is 6.42. The van der Waals surface area contributed by atoms with Crippen LogP contribution in [0.2, 0.25) is 0 Å². The molecule has 0 heterocycles. The average Bonchev–Trinajstić information content (AvgIpc) is 2.76. The van der Waals surface area contributed by atoms with Gasteiger partial charge in [0, 0.05) is 0 Å². The van der Waals surface area contributed by atoms with Gasteiger partial charge in [0.15, 0.2) is 28.8 Å². The van der Waals surface area contributed by atoms with Crippen LogP contribution in [0.3, 0.4) is 0 Å². The molecule has 0 aromatic heterocycles. The van der Waals surface area contributed by atoms with Crippen LogP contribution in [0, 0.1) is 0 Å². The number of hydrogen-bond donors (Lipinski definition) is 0. The largest absolute Gasteiger partial charge is 0.493 e. The molecule has 160 valence electrons. The van der Waals surface area contributed by atoms with Crippen molar-refractivity contribution in [1.82, 2.24) is 0 Å². The molecule has 0 aliphatic rings. The molecule has 30 heavy (non-hydrogen) atoms. The highest BCUT2D eigenvalue weighted by atomic mass is 16.5. The van der Waals surface area contributed by atoms with E-state index >= 15 is 0 Å². The fourth-order valence-corrected chi connectivity index (χ4v) is 3.00. The molecular weight excluding hydrogens is 384 g/mol. The second kappa shape index (κ2) is 11.0. The van der Waals surface area contributed by atoms with Crippen molar-refractivity contribution in [2.45, 2.75) is 13.3 Å². The van der Waals surface area contributed by atoms with Gasteiger partial charge in [0.1, 0.15) is 0 Å². The van der Waals surface area contributed by atoms with E-state index in [1.807, 2.05) is 42.5 Å². The molecule has 0 fully saturated rings. The molecule has 6 heteroatoms. The maximum Gasteiger partial charge on any atom is 0.203 e. The van der Waals surface area contributed by atoms with Crippen LogP contribution in [0.25, 0.3) is 12.2 Å². The number of carbonyl (C=O) groups is 1. The van der Waals surface area contributed by atoms with Gasteiger partial charge in [-0.05, 0) is 60.4 Å². The highest BCUT2D eigenvalue weighted by Gasteiger charge is 2.13. The molecule has 0 unspecified atom stereocenters. The number of allylic oxidation sites excluding steroid dienone is 2. The molecule has 0 N–H and O–H groups in total. The molecule has 0 aliphatic carbocycles. The molecule has 0 bridgehead atoms. The van der Waals surface area contributed by atoms with Crippen molar-refractivity contribution in [3.63, 3.8) is 0 Å². The molecule has 6 nitrogen and oxygen atoms in total. The quantitative estimate of drug-likeness (QED) is 0.420. The topological polar surface area (TPSA) is 63.2 Å². The molecule has 2 aromatic carbocycles. The van der Waals surface area contributed by atoms with E-state index in [2.05, 4.69) is 0 Å². The van der Waals surface area contributed by atoms with Crippen molar-refractivity contribution in [2.75, 3.05) is 35.5 Å². The summed E-state index contributed by atoms with van der Waals surface area (Å²) in [5.41, 5.74) is 2.81. The highest BCUT2D eigenvalue weighted by Crippen LogP contribution is 2.39. The SMILES string of the molecule is COc1cc(/C=C\c2cc(OC)c(OC)c(OC)c2)c(C/C=C\C(C)=O)cc1OC. The minimum absolute atomic E-state index is 0.00462. The maximum atomic E-state index is 11.2. The smallest absolute Gasteiger partial charge is 0.203 e. The number of rotatable bonds is 10. The number of carbonyl (C=O) groups excluding carboxylic acids is 1. The van der Waals surface area contributed by atoms with E-state index in [9.17, 15) is 4.79 Å². The van der Waals surface area contributed by atoms with E-state index in [-0.39, 0.29) is 5.78 Å². The van der Waals surface area contributed by atoms with Crippen molar-refractivity contribution < 1.29 is 28.5 Å². The molecule has 2 rings (SSSR count). The first-order valence-electron chi connectivity index (χ1n) is 9.37. The van der Waals surface area contributed by atoms with Crippen molar-refractivity contribution >= 4 is 17.9 Å². The Labute approximate surface area is 177 Å². The van der Waals surface area contributed by atoms with E-state index in [0.29, 0.717) is 35.2 Å². The predicted octanol–water partition coefficient (Wildman–Crippen LogP) is 4.59. The Morgan fingerprint density at radius 2 is 1.33 bits per heavy atom. The first-order chi connectivity index (χ1) is 14.5. The Morgan fingerprint density at radius 3 is 1.83 bits per heavy atom. The lowest BCUT2D eigenvalue weighted by molar-refractivity contribution is -0.112. The summed E-state index contributed by atoms with van der Waals surface area (Å²) in [6.45, 7) is 1.52. The van der Waals surface area contributed by atoms with Crippen LogP contribution in [-0.2, 0) is 11.2 Å². The number of hydrogen-bond acceptors (Lipinski definition) is 6. The van der Waals surface area contributed by atoms with Gasteiger partial charge in [-0.3, -0.25) is 4.79 Å². The average molecular weight is 412 g/mol. The van der Waals surface area contributed by atoms with Gasteiger partial charge in [-0.1, -0.05) is 18.2 Å². The Morgan fingerprint density at radius 1 is 0.767 bits per heavy atom. The number of ether oxygens (including phenoxy) is 5. The van der Waals surface area contributed by atoms with Gasteiger partial charge in [0.05, 0.1) is 35.5 Å². The first-order valence-corrected chi connectivity index (χ1v) is 9.37. The summed E-state index contributed by atoms with van der Waals surface area (Å²) in [5, 5.41) is 0. The van der Waals surface area contributed by atoms with Crippen LogP contribution in [0.5, 0.6) is 28.7 Å². The molecule has 0 atom stereocenters. The molecule has 2 aromatic rings. The van der Waals surface area contributed by atoms with Gasteiger partial charge in [-0.25, -0.2) is 0 Å². The van der Waals surface area contributed by atoms with Crippen molar-refractivity contribution in [2.24, 2.45) is 0 Å². The summed E-state index contributed by atoms with van der Waals surface area (Å²) in [6, 6.07) is 7.56. The van der Waals surface area contributed by atoms with Gasteiger partial charge in [-0.2, -0.15) is 0 Å². The first kappa shape index (κ1) is 22.9. The van der Waals surface area contributed by atoms with Gasteiger partial charge >= 0.3 is 0 Å². The van der Waals surface area contributed by atoms with Gasteiger partial charge in [0.25, 0.3) is 0 Å². The van der Waals surface area contributed by atoms with Crippen molar-refractivity contribution in [3.05, 3.63) is 53.1 Å². The van der Waals surface area contributed by atoms with Crippen LogP contribution in [0.1, 0.15) is 23.6 Å². The summed E-state index contributed by atoms with van der Waals surface area (Å²) in [4.78, 5) is 11.2. The van der Waals surface area contributed by atoms with Gasteiger partial charge < -0.3 is 23.7 Å². The van der Waals surface area contributed by atoms with Gasteiger partial charge in [-0.15, -0.1) is 0 Å². The molecule has 0 radical (unpaired) electrons. The van der Waals surface area contributed by atoms with E-state index in [0.717, 1.165) is 16.7 Å². The molecule has 0 spiro atoms. The van der Waals surface area contributed by atoms with Crippen LogP contribution in [0.4, 0.5) is 0 Å². The third-order valence-electron chi connectivity index (χ3n) is 4.48. The van der Waals surface area contributed by atoms with Crippen LogP contribution in [0.15, 0.2) is 36.4 Å². The fraction of sp³-hybridized carbons (Fsp3) is 0.292. The van der Waals surface area contributed by atoms with E-state index in [1.165, 1.54) is 6.92 Å². The monoisotopic (exact) mass is 412 g/mol. The lowest BCUT2D eigenvalue weighted by Gasteiger charge is -2.14. The Kier molecular flexibility index (Phi) is 8.35. The lowest BCUT2D eigenvalue weighted by Crippen LogP contribution is -1.96. The Balaban J connectivity index is 2.49. The summed E-state index contributed by atoms with van der Waals surface area (Å²) in [7, 11) is 7.93. The maximum absolute atomic E-state index is 11.2.